The summed E-state index contributed by atoms with van der Waals surface area (Å²) in [6, 6.07) is 3.51. The molecule has 0 saturated carbocycles. The van der Waals surface area contributed by atoms with Gasteiger partial charge in [-0.2, -0.15) is 0 Å². The van der Waals surface area contributed by atoms with Gasteiger partial charge in [-0.3, -0.25) is 0 Å². The first-order chi connectivity index (χ1) is 10.1. The van der Waals surface area contributed by atoms with Crippen molar-refractivity contribution in [2.45, 2.75) is 58.4 Å². The van der Waals surface area contributed by atoms with Crippen LogP contribution in [0.3, 0.4) is 0 Å². The highest BCUT2D eigenvalue weighted by Gasteiger charge is 2.17. The highest BCUT2D eigenvalue weighted by atomic mass is 79.9. The lowest BCUT2D eigenvalue weighted by atomic mass is 9.98. The molecule has 1 rings (SSSR count). The van der Waals surface area contributed by atoms with Crippen LogP contribution in [0.4, 0.5) is 4.39 Å². The summed E-state index contributed by atoms with van der Waals surface area (Å²) in [5.74, 6) is 0.337. The molecule has 0 aliphatic heterocycles. The quantitative estimate of drug-likeness (QED) is 0.548. The molecule has 0 heterocycles. The number of nitrogens with one attached hydrogen (secondary N) is 1. The largest absolute Gasteiger partial charge is 0.496 e. The Morgan fingerprint density at radius 3 is 2.52 bits per heavy atom. The second kappa shape index (κ2) is 10.2. The SMILES string of the molecule is CCCCCCCC(NCC)c1cc(Br)c(F)cc1OC. The maximum atomic E-state index is 13.6. The molecule has 120 valence electrons. The van der Waals surface area contributed by atoms with Crippen LogP contribution in [0.25, 0.3) is 0 Å². The van der Waals surface area contributed by atoms with E-state index < -0.39 is 0 Å². The summed E-state index contributed by atoms with van der Waals surface area (Å²) in [6.07, 6.45) is 7.33. The molecule has 1 atom stereocenters. The van der Waals surface area contributed by atoms with Crippen LogP contribution in [0, 0.1) is 5.82 Å². The van der Waals surface area contributed by atoms with Gasteiger partial charge in [0.05, 0.1) is 11.6 Å². The lowest BCUT2D eigenvalue weighted by molar-refractivity contribution is 0.389. The predicted octanol–water partition coefficient (Wildman–Crippen LogP) is 5.61. The number of rotatable bonds is 10. The van der Waals surface area contributed by atoms with E-state index in [1.807, 2.05) is 6.07 Å². The van der Waals surface area contributed by atoms with Crippen LogP contribution >= 0.6 is 15.9 Å². The maximum Gasteiger partial charge on any atom is 0.141 e. The van der Waals surface area contributed by atoms with Gasteiger partial charge in [0, 0.05) is 17.7 Å². The van der Waals surface area contributed by atoms with E-state index in [1.54, 1.807) is 7.11 Å². The Morgan fingerprint density at radius 2 is 1.90 bits per heavy atom. The van der Waals surface area contributed by atoms with Gasteiger partial charge in [-0.25, -0.2) is 4.39 Å². The van der Waals surface area contributed by atoms with Crippen LogP contribution in [0.2, 0.25) is 0 Å². The van der Waals surface area contributed by atoms with Crippen LogP contribution in [0.15, 0.2) is 16.6 Å². The minimum atomic E-state index is -0.284. The normalized spacial score (nSPS) is 12.4. The van der Waals surface area contributed by atoms with Crippen molar-refractivity contribution in [1.29, 1.82) is 0 Å². The molecule has 0 spiro atoms. The molecule has 0 fully saturated rings. The first kappa shape index (κ1) is 18.4. The summed E-state index contributed by atoms with van der Waals surface area (Å²) in [5, 5.41) is 3.49. The number of ether oxygens (including phenoxy) is 1. The Labute approximate surface area is 136 Å². The van der Waals surface area contributed by atoms with Gasteiger partial charge in [-0.05, 0) is 35.0 Å². The second-order valence-electron chi connectivity index (χ2n) is 5.32. The third-order valence-electron chi connectivity index (χ3n) is 3.69. The van der Waals surface area contributed by atoms with E-state index in [2.05, 4.69) is 35.1 Å². The van der Waals surface area contributed by atoms with Crippen LogP contribution in [0.5, 0.6) is 5.75 Å². The van der Waals surface area contributed by atoms with Crippen molar-refractivity contribution in [3.63, 3.8) is 0 Å². The molecular formula is C17H27BrFNO. The van der Waals surface area contributed by atoms with Gasteiger partial charge < -0.3 is 10.1 Å². The zero-order valence-electron chi connectivity index (χ0n) is 13.3. The number of hydrogen-bond acceptors (Lipinski definition) is 2. The summed E-state index contributed by atoms with van der Waals surface area (Å²) in [5.41, 5.74) is 1.03. The van der Waals surface area contributed by atoms with Crippen LogP contribution in [0.1, 0.15) is 64.0 Å². The van der Waals surface area contributed by atoms with Crippen molar-refractivity contribution in [3.8, 4) is 5.75 Å². The molecule has 0 aromatic heterocycles. The Balaban J connectivity index is 2.77. The van der Waals surface area contributed by atoms with Gasteiger partial charge in [0.2, 0.25) is 0 Å². The molecule has 0 radical (unpaired) electrons. The highest BCUT2D eigenvalue weighted by molar-refractivity contribution is 9.10. The van der Waals surface area contributed by atoms with E-state index in [4.69, 9.17) is 4.74 Å². The average molecular weight is 360 g/mol. The van der Waals surface area contributed by atoms with Gasteiger partial charge in [0.1, 0.15) is 11.6 Å². The van der Waals surface area contributed by atoms with E-state index in [1.165, 1.54) is 38.2 Å². The molecule has 4 heteroatoms. The van der Waals surface area contributed by atoms with E-state index >= 15 is 0 Å². The Kier molecular flexibility index (Phi) is 8.93. The van der Waals surface area contributed by atoms with E-state index in [0.717, 1.165) is 18.5 Å². The Morgan fingerprint density at radius 1 is 1.19 bits per heavy atom. The molecule has 1 aromatic rings. The van der Waals surface area contributed by atoms with Crippen molar-refractivity contribution in [3.05, 3.63) is 28.0 Å². The molecule has 0 amide bonds. The summed E-state index contributed by atoms with van der Waals surface area (Å²) in [4.78, 5) is 0. The maximum absolute atomic E-state index is 13.6. The molecule has 0 saturated heterocycles. The Hall–Kier alpha value is -0.610. The zero-order valence-corrected chi connectivity index (χ0v) is 14.9. The number of halogens is 2. The second-order valence-corrected chi connectivity index (χ2v) is 6.18. The van der Waals surface area contributed by atoms with Crippen molar-refractivity contribution >= 4 is 15.9 Å². The summed E-state index contributed by atoms with van der Waals surface area (Å²) < 4.78 is 19.5. The molecule has 0 aliphatic carbocycles. The van der Waals surface area contributed by atoms with Gasteiger partial charge in [-0.1, -0.05) is 46.0 Å². The average Bonchev–Trinajstić information content (AvgIpc) is 2.48. The van der Waals surface area contributed by atoms with E-state index in [-0.39, 0.29) is 11.9 Å². The molecule has 2 nitrogen and oxygen atoms in total. The van der Waals surface area contributed by atoms with E-state index in [9.17, 15) is 4.39 Å². The van der Waals surface area contributed by atoms with Crippen molar-refractivity contribution in [2.24, 2.45) is 0 Å². The first-order valence-electron chi connectivity index (χ1n) is 7.90. The standard InChI is InChI=1S/C17H27BrFNO/c1-4-6-7-8-9-10-16(20-5-2)13-11-14(18)15(19)12-17(13)21-3/h11-12,16,20H,4-10H2,1-3H3. The Bertz CT molecular complexity index is 425. The fraction of sp³-hybridized carbons (Fsp3) is 0.647. The number of methoxy groups -OCH3 is 1. The lowest BCUT2D eigenvalue weighted by Gasteiger charge is -2.21. The van der Waals surface area contributed by atoms with Crippen LogP contribution in [-0.4, -0.2) is 13.7 Å². The molecule has 1 N–H and O–H groups in total. The summed E-state index contributed by atoms with van der Waals surface area (Å²) in [7, 11) is 1.59. The predicted molar refractivity (Wildman–Crippen MR) is 90.4 cm³/mol. The van der Waals surface area contributed by atoms with Crippen LogP contribution < -0.4 is 10.1 Å². The topological polar surface area (TPSA) is 21.3 Å². The number of benzene rings is 1. The lowest BCUT2D eigenvalue weighted by Crippen LogP contribution is -2.21. The fourth-order valence-electron chi connectivity index (χ4n) is 2.56. The third-order valence-corrected chi connectivity index (χ3v) is 4.30. The van der Waals surface area contributed by atoms with Gasteiger partial charge in [0.15, 0.2) is 0 Å². The van der Waals surface area contributed by atoms with Gasteiger partial charge >= 0.3 is 0 Å². The first-order valence-corrected chi connectivity index (χ1v) is 8.69. The number of hydrogen-bond donors (Lipinski definition) is 1. The molecule has 1 aromatic carbocycles. The molecular weight excluding hydrogens is 333 g/mol. The third kappa shape index (κ3) is 5.95. The van der Waals surface area contributed by atoms with Crippen molar-refractivity contribution < 1.29 is 9.13 Å². The molecule has 0 aliphatic rings. The monoisotopic (exact) mass is 359 g/mol. The molecule has 0 bridgehead atoms. The van der Waals surface area contributed by atoms with E-state index in [0.29, 0.717) is 10.2 Å². The minimum absolute atomic E-state index is 0.212. The van der Waals surface area contributed by atoms with Gasteiger partial charge in [-0.15, -0.1) is 0 Å². The number of unbranched alkanes of at least 4 members (excludes halogenated alkanes) is 4. The molecule has 1 unspecified atom stereocenters. The van der Waals surface area contributed by atoms with Gasteiger partial charge in [0.25, 0.3) is 0 Å². The zero-order chi connectivity index (χ0) is 15.7. The molecule has 21 heavy (non-hydrogen) atoms. The van der Waals surface area contributed by atoms with Crippen LogP contribution in [-0.2, 0) is 0 Å². The smallest absolute Gasteiger partial charge is 0.141 e. The van der Waals surface area contributed by atoms with Crippen molar-refractivity contribution in [2.75, 3.05) is 13.7 Å². The summed E-state index contributed by atoms with van der Waals surface area (Å²) in [6.45, 7) is 5.20. The fourth-order valence-corrected chi connectivity index (χ4v) is 2.92. The van der Waals surface area contributed by atoms with Crippen molar-refractivity contribution in [1.82, 2.24) is 5.32 Å². The summed E-state index contributed by atoms with van der Waals surface area (Å²) >= 11 is 3.27. The minimum Gasteiger partial charge on any atom is -0.496 e. The highest BCUT2D eigenvalue weighted by Crippen LogP contribution is 2.33.